The molecule has 2 nitrogen and oxygen atoms in total. The van der Waals surface area contributed by atoms with Crippen molar-refractivity contribution in [3.8, 4) is 22.6 Å². The topological polar surface area (TPSA) is 18.5 Å². The Morgan fingerprint density at radius 3 is 1.90 bits per heavy atom. The Hall–Kier alpha value is -5.08. The Morgan fingerprint density at radius 1 is 0.633 bits per heavy atom. The molecule has 0 spiro atoms. The lowest BCUT2D eigenvalue weighted by Crippen LogP contribution is -2.32. The Morgan fingerprint density at radius 2 is 1.31 bits per heavy atom. The van der Waals surface area contributed by atoms with Crippen molar-refractivity contribution in [1.82, 2.24) is 0 Å². The van der Waals surface area contributed by atoms with Crippen LogP contribution in [-0.4, -0.2) is 14.2 Å². The maximum Gasteiger partial charge on any atom is 0.168 e. The SMILES string of the molecule is COc1cccc(C2=C(c3c(C(C)(C)C)c(=C(c4ccccc4)c4ccccc4)cc4c3=Cc3cc(C(C)(C)C)ccc3-4)CC=C2)c1OC. The lowest BCUT2D eigenvalue weighted by atomic mass is 9.75. The van der Waals surface area contributed by atoms with Gasteiger partial charge in [0.25, 0.3) is 0 Å². The van der Waals surface area contributed by atoms with Crippen molar-refractivity contribution in [3.63, 3.8) is 0 Å². The van der Waals surface area contributed by atoms with Gasteiger partial charge in [-0.25, -0.2) is 0 Å². The van der Waals surface area contributed by atoms with Crippen LogP contribution in [0, 0.1) is 0 Å². The lowest BCUT2D eigenvalue weighted by Gasteiger charge is -2.28. The van der Waals surface area contributed by atoms with Gasteiger partial charge in [0.05, 0.1) is 14.2 Å². The van der Waals surface area contributed by atoms with Crippen molar-refractivity contribution in [2.24, 2.45) is 0 Å². The number of benzene rings is 5. The van der Waals surface area contributed by atoms with E-state index in [0.717, 1.165) is 23.5 Å². The molecule has 0 N–H and O–H groups in total. The molecule has 0 aromatic heterocycles. The number of para-hydroxylation sites is 1. The van der Waals surface area contributed by atoms with Crippen LogP contribution in [0.5, 0.6) is 11.5 Å². The monoisotopic (exact) mass is 642 g/mol. The van der Waals surface area contributed by atoms with Gasteiger partial charge in [0.1, 0.15) is 0 Å². The Labute approximate surface area is 291 Å². The number of fused-ring (bicyclic) bond motifs is 3. The molecule has 5 aromatic rings. The van der Waals surface area contributed by atoms with Gasteiger partial charge in [-0.3, -0.25) is 0 Å². The smallest absolute Gasteiger partial charge is 0.168 e. The molecule has 7 rings (SSSR count). The highest BCUT2D eigenvalue weighted by atomic mass is 16.5. The molecule has 246 valence electrons. The van der Waals surface area contributed by atoms with Gasteiger partial charge in [-0.2, -0.15) is 0 Å². The molecule has 49 heavy (non-hydrogen) atoms. The normalized spacial score (nSPS) is 13.6. The maximum atomic E-state index is 6.02. The summed E-state index contributed by atoms with van der Waals surface area (Å²) >= 11 is 0. The van der Waals surface area contributed by atoms with Crippen LogP contribution in [0.15, 0.2) is 115 Å². The zero-order valence-corrected chi connectivity index (χ0v) is 30.1. The van der Waals surface area contributed by atoms with Crippen LogP contribution in [0.4, 0.5) is 0 Å². The van der Waals surface area contributed by atoms with Crippen LogP contribution in [0.2, 0.25) is 0 Å². The van der Waals surface area contributed by atoms with Crippen molar-refractivity contribution in [3.05, 3.63) is 165 Å². The molecule has 0 unspecified atom stereocenters. The third kappa shape index (κ3) is 5.74. The molecule has 0 heterocycles. The minimum atomic E-state index is -0.188. The van der Waals surface area contributed by atoms with Crippen LogP contribution in [0.25, 0.3) is 33.9 Å². The molecule has 0 radical (unpaired) electrons. The summed E-state index contributed by atoms with van der Waals surface area (Å²) < 4.78 is 11.8. The number of allylic oxidation sites excluding steroid dienone is 4. The highest BCUT2D eigenvalue weighted by molar-refractivity contribution is 6.03. The summed E-state index contributed by atoms with van der Waals surface area (Å²) in [6.45, 7) is 14.0. The van der Waals surface area contributed by atoms with Gasteiger partial charge in [-0.15, -0.1) is 0 Å². The molecular weight excluding hydrogens is 597 g/mol. The number of ether oxygens (including phenoxy) is 2. The summed E-state index contributed by atoms with van der Waals surface area (Å²) in [6, 6.07) is 37.6. The van der Waals surface area contributed by atoms with E-state index in [1.165, 1.54) is 71.7 Å². The molecule has 0 fully saturated rings. The average molecular weight is 643 g/mol. The Kier molecular flexibility index (Phi) is 8.23. The predicted molar refractivity (Wildman–Crippen MR) is 207 cm³/mol. The summed E-state index contributed by atoms with van der Waals surface area (Å²) in [4.78, 5) is 0. The molecule has 2 heteroatoms. The van der Waals surface area contributed by atoms with E-state index >= 15 is 0 Å². The zero-order chi connectivity index (χ0) is 34.5. The quantitative estimate of drug-likeness (QED) is 0.180. The number of hydrogen-bond donors (Lipinski definition) is 0. The fourth-order valence-corrected chi connectivity index (χ4v) is 7.69. The first-order valence-electron chi connectivity index (χ1n) is 17.3. The van der Waals surface area contributed by atoms with Crippen molar-refractivity contribution >= 4 is 22.8 Å². The average Bonchev–Trinajstić information content (AvgIpc) is 3.72. The van der Waals surface area contributed by atoms with E-state index in [1.807, 2.05) is 6.07 Å². The third-order valence-electron chi connectivity index (χ3n) is 9.95. The molecular formula is C47H46O2. The van der Waals surface area contributed by atoms with E-state index in [-0.39, 0.29) is 10.8 Å². The minimum absolute atomic E-state index is 0.0533. The second kappa shape index (κ2) is 12.4. The number of hydrogen-bond acceptors (Lipinski definition) is 2. The van der Waals surface area contributed by atoms with Crippen LogP contribution in [0.3, 0.4) is 0 Å². The van der Waals surface area contributed by atoms with Crippen LogP contribution in [0.1, 0.15) is 86.9 Å². The van der Waals surface area contributed by atoms with Gasteiger partial charge < -0.3 is 9.47 Å². The molecule has 0 atom stereocenters. The van der Waals surface area contributed by atoms with Crippen LogP contribution >= 0.6 is 0 Å². The van der Waals surface area contributed by atoms with Gasteiger partial charge >= 0.3 is 0 Å². The largest absolute Gasteiger partial charge is 0.493 e. The van der Waals surface area contributed by atoms with Crippen molar-refractivity contribution in [2.45, 2.75) is 58.8 Å². The highest BCUT2D eigenvalue weighted by Crippen LogP contribution is 2.45. The number of methoxy groups -OCH3 is 2. The second-order valence-electron chi connectivity index (χ2n) is 15.2. The Bertz CT molecular complexity index is 2210. The summed E-state index contributed by atoms with van der Waals surface area (Å²) in [5.74, 6) is 1.50. The zero-order valence-electron chi connectivity index (χ0n) is 30.1. The molecule has 5 aromatic carbocycles. The number of rotatable bonds is 6. The Balaban J connectivity index is 1.70. The van der Waals surface area contributed by atoms with Gasteiger partial charge in [0.15, 0.2) is 11.5 Å². The first-order chi connectivity index (χ1) is 23.5. The van der Waals surface area contributed by atoms with E-state index in [4.69, 9.17) is 9.47 Å². The van der Waals surface area contributed by atoms with E-state index in [0.29, 0.717) is 0 Å². The molecule has 0 bridgehead atoms. The highest BCUT2D eigenvalue weighted by Gasteiger charge is 2.31. The van der Waals surface area contributed by atoms with Gasteiger partial charge in [-0.1, -0.05) is 145 Å². The molecule has 0 aliphatic heterocycles. The van der Waals surface area contributed by atoms with Crippen LogP contribution < -0.4 is 19.9 Å². The van der Waals surface area contributed by atoms with Gasteiger partial charge in [-0.05, 0) is 107 Å². The summed E-state index contributed by atoms with van der Waals surface area (Å²) in [5.41, 5.74) is 15.0. The second-order valence-corrected chi connectivity index (χ2v) is 15.2. The first kappa shape index (κ1) is 32.5. The van der Waals surface area contributed by atoms with Crippen molar-refractivity contribution in [1.29, 1.82) is 0 Å². The van der Waals surface area contributed by atoms with Crippen LogP contribution in [-0.2, 0) is 10.8 Å². The van der Waals surface area contributed by atoms with E-state index < -0.39 is 0 Å². The predicted octanol–water partition coefficient (Wildman–Crippen LogP) is 10.2. The minimum Gasteiger partial charge on any atom is -0.493 e. The van der Waals surface area contributed by atoms with E-state index in [2.05, 4.69) is 157 Å². The molecule has 0 saturated heterocycles. The summed E-state index contributed by atoms with van der Waals surface area (Å²) in [6.07, 6.45) is 7.85. The van der Waals surface area contributed by atoms with Crippen molar-refractivity contribution in [2.75, 3.05) is 14.2 Å². The van der Waals surface area contributed by atoms with Gasteiger partial charge in [0.2, 0.25) is 0 Å². The summed E-state index contributed by atoms with van der Waals surface area (Å²) in [5, 5.41) is 2.57. The summed E-state index contributed by atoms with van der Waals surface area (Å²) in [7, 11) is 3.44. The fourth-order valence-electron chi connectivity index (χ4n) is 7.69. The third-order valence-corrected chi connectivity index (χ3v) is 9.95. The van der Waals surface area contributed by atoms with Gasteiger partial charge in [0, 0.05) is 5.56 Å². The molecule has 0 saturated carbocycles. The fraction of sp³-hybridized carbons (Fsp3) is 0.234. The molecule has 0 amide bonds. The van der Waals surface area contributed by atoms with E-state index in [1.54, 1.807) is 14.2 Å². The molecule has 2 aliphatic carbocycles. The van der Waals surface area contributed by atoms with Crippen molar-refractivity contribution < 1.29 is 9.47 Å². The maximum absolute atomic E-state index is 6.02. The standard InChI is InChI=1S/C47H46O2/c1-46(2,3)33-25-26-34-32(27-33)28-39-38(34)29-40(42(30-17-11-9-12-18-30)31-19-13-10-14-20-31)44(47(4,5)6)43(39)36-22-15-21-35(36)37-23-16-24-41(48-7)45(37)49-8/h9-21,23-29H,22H2,1-8H3. The molecule has 2 aliphatic rings. The first-order valence-corrected chi connectivity index (χ1v) is 17.3. The van der Waals surface area contributed by atoms with E-state index in [9.17, 15) is 0 Å². The lowest BCUT2D eigenvalue weighted by molar-refractivity contribution is 0.354.